The second kappa shape index (κ2) is 4.58. The minimum absolute atomic E-state index is 0.350. The van der Waals surface area contributed by atoms with E-state index < -0.39 is 5.60 Å². The summed E-state index contributed by atoms with van der Waals surface area (Å²) < 4.78 is 0. The van der Waals surface area contributed by atoms with Crippen LogP contribution >= 0.6 is 0 Å². The molecule has 1 aliphatic carbocycles. The summed E-state index contributed by atoms with van der Waals surface area (Å²) in [5, 5.41) is 12.8. The van der Waals surface area contributed by atoms with Gasteiger partial charge in [0, 0.05) is 6.54 Å². The lowest BCUT2D eigenvalue weighted by Gasteiger charge is -2.31. The third kappa shape index (κ3) is 2.91. The van der Waals surface area contributed by atoms with Crippen molar-refractivity contribution in [2.45, 2.75) is 37.7 Å². The molecule has 0 aromatic rings. The number of rotatable bonds is 4. The molecule has 0 aromatic carbocycles. The molecule has 3 nitrogen and oxygen atoms in total. The van der Waals surface area contributed by atoms with E-state index in [0.717, 1.165) is 32.0 Å². The lowest BCUT2D eigenvalue weighted by Crippen LogP contribution is -2.42. The number of carbonyl (C=O) groups is 1. The van der Waals surface area contributed by atoms with E-state index >= 15 is 0 Å². The van der Waals surface area contributed by atoms with Crippen molar-refractivity contribution in [1.29, 1.82) is 0 Å². The Bertz CT molecular complexity index is 141. The van der Waals surface area contributed by atoms with Gasteiger partial charge in [0.15, 0.2) is 0 Å². The first kappa shape index (κ1) is 9.68. The van der Waals surface area contributed by atoms with Gasteiger partial charge in [0.2, 0.25) is 0 Å². The largest absolute Gasteiger partial charge is 0.389 e. The maximum absolute atomic E-state index is 10.0. The fourth-order valence-electron chi connectivity index (χ4n) is 1.75. The van der Waals surface area contributed by atoms with Crippen LogP contribution in [0.1, 0.15) is 32.1 Å². The first-order chi connectivity index (χ1) is 5.77. The van der Waals surface area contributed by atoms with Gasteiger partial charge < -0.3 is 15.2 Å². The molecular formula is C9H17NO2. The zero-order chi connectivity index (χ0) is 8.86. The zero-order valence-corrected chi connectivity index (χ0v) is 7.38. The van der Waals surface area contributed by atoms with Crippen molar-refractivity contribution in [3.05, 3.63) is 0 Å². The van der Waals surface area contributed by atoms with E-state index in [1.165, 1.54) is 6.42 Å². The lowest BCUT2D eigenvalue weighted by atomic mass is 9.85. The van der Waals surface area contributed by atoms with Gasteiger partial charge in [-0.1, -0.05) is 19.3 Å². The van der Waals surface area contributed by atoms with Gasteiger partial charge in [-0.05, 0) is 12.8 Å². The normalized spacial score (nSPS) is 22.1. The van der Waals surface area contributed by atoms with Gasteiger partial charge in [-0.2, -0.15) is 0 Å². The van der Waals surface area contributed by atoms with Crippen molar-refractivity contribution >= 4 is 6.29 Å². The number of hydrogen-bond donors (Lipinski definition) is 2. The Morgan fingerprint density at radius 1 is 1.33 bits per heavy atom. The van der Waals surface area contributed by atoms with Gasteiger partial charge in [-0.25, -0.2) is 0 Å². The van der Waals surface area contributed by atoms with Crippen LogP contribution in [0.15, 0.2) is 0 Å². The summed E-state index contributed by atoms with van der Waals surface area (Å²) in [7, 11) is 0. The highest BCUT2D eigenvalue weighted by atomic mass is 16.3. The molecule has 1 fully saturated rings. The lowest BCUT2D eigenvalue weighted by molar-refractivity contribution is -0.107. The summed E-state index contributed by atoms with van der Waals surface area (Å²) in [6.07, 6.45) is 6.03. The third-order valence-electron chi connectivity index (χ3n) is 2.47. The molecule has 1 saturated carbocycles. The van der Waals surface area contributed by atoms with Crippen molar-refractivity contribution in [2.24, 2.45) is 0 Å². The predicted octanol–water partition coefficient (Wildman–Crippen LogP) is 0.470. The van der Waals surface area contributed by atoms with E-state index in [2.05, 4.69) is 5.32 Å². The van der Waals surface area contributed by atoms with E-state index in [0.29, 0.717) is 13.1 Å². The molecule has 0 atom stereocenters. The van der Waals surface area contributed by atoms with Crippen LogP contribution in [-0.2, 0) is 4.79 Å². The summed E-state index contributed by atoms with van der Waals surface area (Å²) in [4.78, 5) is 10.0. The molecule has 3 heteroatoms. The van der Waals surface area contributed by atoms with E-state index in [9.17, 15) is 9.90 Å². The molecule has 0 bridgehead atoms. The number of carbonyl (C=O) groups excluding carboxylic acids is 1. The summed E-state index contributed by atoms with van der Waals surface area (Å²) in [6, 6.07) is 0. The Morgan fingerprint density at radius 2 is 2.00 bits per heavy atom. The Kier molecular flexibility index (Phi) is 3.69. The minimum Gasteiger partial charge on any atom is -0.389 e. The maximum Gasteiger partial charge on any atom is 0.133 e. The minimum atomic E-state index is -0.540. The van der Waals surface area contributed by atoms with Gasteiger partial charge in [-0.3, -0.25) is 0 Å². The van der Waals surface area contributed by atoms with Gasteiger partial charge in [-0.15, -0.1) is 0 Å². The monoisotopic (exact) mass is 171 g/mol. The number of nitrogens with one attached hydrogen (secondary N) is 1. The fraction of sp³-hybridized carbons (Fsp3) is 0.889. The van der Waals surface area contributed by atoms with Gasteiger partial charge in [0.25, 0.3) is 0 Å². The highest BCUT2D eigenvalue weighted by Gasteiger charge is 2.28. The van der Waals surface area contributed by atoms with Crippen molar-refractivity contribution < 1.29 is 9.90 Å². The first-order valence-corrected chi connectivity index (χ1v) is 4.64. The smallest absolute Gasteiger partial charge is 0.133 e. The summed E-state index contributed by atoms with van der Waals surface area (Å²) in [6.45, 7) is 0.911. The highest BCUT2D eigenvalue weighted by Crippen LogP contribution is 2.26. The van der Waals surface area contributed by atoms with Crippen molar-refractivity contribution in [3.8, 4) is 0 Å². The number of aldehydes is 1. The van der Waals surface area contributed by atoms with Crippen LogP contribution < -0.4 is 5.32 Å². The molecule has 0 aliphatic heterocycles. The molecule has 70 valence electrons. The van der Waals surface area contributed by atoms with Gasteiger partial charge >= 0.3 is 0 Å². The summed E-state index contributed by atoms with van der Waals surface area (Å²) >= 11 is 0. The first-order valence-electron chi connectivity index (χ1n) is 4.64. The van der Waals surface area contributed by atoms with E-state index in [-0.39, 0.29) is 0 Å². The summed E-state index contributed by atoms with van der Waals surface area (Å²) in [5.74, 6) is 0. The molecule has 12 heavy (non-hydrogen) atoms. The predicted molar refractivity (Wildman–Crippen MR) is 47.0 cm³/mol. The average molecular weight is 171 g/mol. The Balaban J connectivity index is 2.21. The average Bonchev–Trinajstić information content (AvgIpc) is 2.06. The second-order valence-electron chi connectivity index (χ2n) is 3.58. The quantitative estimate of drug-likeness (QED) is 0.477. The molecule has 0 unspecified atom stereocenters. The van der Waals surface area contributed by atoms with Crippen molar-refractivity contribution in [3.63, 3.8) is 0 Å². The van der Waals surface area contributed by atoms with E-state index in [1.54, 1.807) is 0 Å². The molecule has 0 spiro atoms. The second-order valence-corrected chi connectivity index (χ2v) is 3.58. The van der Waals surface area contributed by atoms with Crippen molar-refractivity contribution in [1.82, 2.24) is 5.32 Å². The molecule has 0 saturated heterocycles. The van der Waals surface area contributed by atoms with Crippen LogP contribution in [-0.4, -0.2) is 30.1 Å². The van der Waals surface area contributed by atoms with Crippen LogP contribution in [0, 0.1) is 0 Å². The zero-order valence-electron chi connectivity index (χ0n) is 7.38. The Labute approximate surface area is 73.2 Å². The van der Waals surface area contributed by atoms with Crippen LogP contribution in [0.5, 0.6) is 0 Å². The fourth-order valence-corrected chi connectivity index (χ4v) is 1.75. The number of hydrogen-bond acceptors (Lipinski definition) is 3. The molecule has 1 aliphatic rings. The molecule has 2 N–H and O–H groups in total. The Hall–Kier alpha value is -0.410. The molecule has 0 amide bonds. The molecule has 0 heterocycles. The van der Waals surface area contributed by atoms with E-state index in [1.807, 2.05) is 0 Å². The van der Waals surface area contributed by atoms with Crippen LogP contribution in [0.25, 0.3) is 0 Å². The van der Waals surface area contributed by atoms with Crippen molar-refractivity contribution in [2.75, 3.05) is 13.1 Å². The maximum atomic E-state index is 10.0. The highest BCUT2D eigenvalue weighted by molar-refractivity contribution is 5.51. The Morgan fingerprint density at radius 3 is 2.58 bits per heavy atom. The molecule has 1 rings (SSSR count). The van der Waals surface area contributed by atoms with E-state index in [4.69, 9.17) is 0 Å². The summed E-state index contributed by atoms with van der Waals surface area (Å²) in [5.41, 5.74) is -0.540. The van der Waals surface area contributed by atoms with Crippen LogP contribution in [0.4, 0.5) is 0 Å². The number of aliphatic hydroxyl groups is 1. The molecule has 0 radical (unpaired) electrons. The third-order valence-corrected chi connectivity index (χ3v) is 2.47. The van der Waals surface area contributed by atoms with Crippen LogP contribution in [0.3, 0.4) is 0 Å². The SMILES string of the molecule is O=CCNCC1(O)CCCCC1. The van der Waals surface area contributed by atoms with Crippen LogP contribution in [0.2, 0.25) is 0 Å². The van der Waals surface area contributed by atoms with Gasteiger partial charge in [0.1, 0.15) is 6.29 Å². The molecular weight excluding hydrogens is 154 g/mol. The molecule has 0 aromatic heterocycles. The topological polar surface area (TPSA) is 49.3 Å². The van der Waals surface area contributed by atoms with Gasteiger partial charge in [0.05, 0.1) is 12.1 Å². The standard InChI is InChI=1S/C9H17NO2/c11-7-6-10-8-9(12)4-2-1-3-5-9/h7,10,12H,1-6,8H2.